The minimum Gasteiger partial charge on any atom is -0.497 e. The van der Waals surface area contributed by atoms with Crippen molar-refractivity contribution >= 4 is 11.5 Å². The Hall–Kier alpha value is -2.80. The zero-order valence-corrected chi connectivity index (χ0v) is 16.9. The van der Waals surface area contributed by atoms with Crippen molar-refractivity contribution in [3.8, 4) is 22.8 Å². The van der Waals surface area contributed by atoms with Crippen LogP contribution in [0.1, 0.15) is 11.3 Å². The van der Waals surface area contributed by atoms with Gasteiger partial charge in [-0.15, -0.1) is 0 Å². The van der Waals surface area contributed by atoms with E-state index in [2.05, 4.69) is 26.3 Å². The highest BCUT2D eigenvalue weighted by Crippen LogP contribution is 2.30. The summed E-state index contributed by atoms with van der Waals surface area (Å²) in [6.07, 6.45) is 0. The molecule has 0 spiro atoms. The molecular weight excluding hydrogens is 342 g/mol. The molecule has 0 saturated carbocycles. The minimum atomic E-state index is 0.731. The molecule has 3 rings (SSSR count). The molecule has 0 amide bonds. The summed E-state index contributed by atoms with van der Waals surface area (Å²) in [5.74, 6) is 2.45. The third-order valence-electron chi connectivity index (χ3n) is 4.65. The second-order valence-corrected chi connectivity index (χ2v) is 6.96. The van der Waals surface area contributed by atoms with Crippen LogP contribution in [0.5, 0.6) is 11.5 Å². The number of nitrogens with one attached hydrogen (secondary N) is 2. The van der Waals surface area contributed by atoms with Crippen molar-refractivity contribution in [3.63, 3.8) is 0 Å². The van der Waals surface area contributed by atoms with Gasteiger partial charge in [0.05, 0.1) is 47.1 Å². The second kappa shape index (κ2) is 7.84. The quantitative estimate of drug-likeness (QED) is 0.661. The van der Waals surface area contributed by atoms with Gasteiger partial charge in [-0.25, -0.2) is 4.98 Å². The molecule has 7 nitrogen and oxygen atoms in total. The number of nitrogens with zero attached hydrogens (tertiary/aromatic N) is 3. The van der Waals surface area contributed by atoms with Gasteiger partial charge in [0.15, 0.2) is 5.65 Å². The van der Waals surface area contributed by atoms with Crippen LogP contribution in [0.4, 0.5) is 5.82 Å². The third-order valence-corrected chi connectivity index (χ3v) is 4.65. The largest absolute Gasteiger partial charge is 0.497 e. The fourth-order valence-electron chi connectivity index (χ4n) is 2.94. The number of aromatic nitrogens is 3. The topological polar surface area (TPSA) is 65.1 Å². The zero-order valence-electron chi connectivity index (χ0n) is 16.9. The fraction of sp³-hybridized carbons (Fsp3) is 0.400. The summed E-state index contributed by atoms with van der Waals surface area (Å²) in [7, 11) is 7.57. The molecule has 27 heavy (non-hydrogen) atoms. The van der Waals surface area contributed by atoms with Crippen LogP contribution in [-0.2, 0) is 0 Å². The van der Waals surface area contributed by atoms with Crippen molar-refractivity contribution in [2.75, 3.05) is 46.7 Å². The van der Waals surface area contributed by atoms with Crippen LogP contribution in [0.15, 0.2) is 24.3 Å². The van der Waals surface area contributed by atoms with Crippen molar-refractivity contribution in [3.05, 3.63) is 35.5 Å². The maximum absolute atomic E-state index is 5.39. The number of ether oxygens (including phenoxy) is 2. The lowest BCUT2D eigenvalue weighted by Crippen LogP contribution is -3.06. The molecule has 0 fully saturated rings. The molecule has 0 atom stereocenters. The molecule has 1 aromatic carbocycles. The van der Waals surface area contributed by atoms with E-state index in [1.165, 1.54) is 4.90 Å². The number of methoxy groups -OCH3 is 2. The smallest absolute Gasteiger partial charge is 0.158 e. The maximum Gasteiger partial charge on any atom is 0.158 e. The minimum absolute atomic E-state index is 0.731. The fourth-order valence-corrected chi connectivity index (χ4v) is 2.94. The zero-order chi connectivity index (χ0) is 19.6. The summed E-state index contributed by atoms with van der Waals surface area (Å²) in [4.78, 5) is 6.10. The number of likely N-dealkylation sites (N-methyl/N-ethyl adjacent to an activating group) is 1. The monoisotopic (exact) mass is 370 g/mol. The molecule has 2 aromatic heterocycles. The Labute approximate surface area is 159 Å². The van der Waals surface area contributed by atoms with Crippen LogP contribution in [0.2, 0.25) is 0 Å². The molecule has 0 aliphatic rings. The van der Waals surface area contributed by atoms with Gasteiger partial charge in [0.25, 0.3) is 0 Å². The Morgan fingerprint density at radius 1 is 1.04 bits per heavy atom. The van der Waals surface area contributed by atoms with Gasteiger partial charge in [-0.3, -0.25) is 0 Å². The number of fused-ring (bicyclic) bond motifs is 1. The molecule has 3 aromatic rings. The Morgan fingerprint density at radius 2 is 1.70 bits per heavy atom. The van der Waals surface area contributed by atoms with E-state index in [0.717, 1.165) is 58.6 Å². The maximum atomic E-state index is 5.39. The van der Waals surface area contributed by atoms with E-state index in [1.807, 2.05) is 35.7 Å². The van der Waals surface area contributed by atoms with E-state index in [9.17, 15) is 0 Å². The number of aryl methyl sites for hydroxylation is 1. The molecule has 7 heteroatoms. The lowest BCUT2D eigenvalue weighted by atomic mass is 10.1. The number of rotatable bonds is 7. The van der Waals surface area contributed by atoms with Crippen molar-refractivity contribution in [2.45, 2.75) is 13.8 Å². The van der Waals surface area contributed by atoms with E-state index in [-0.39, 0.29) is 0 Å². The first-order valence-electron chi connectivity index (χ1n) is 9.06. The van der Waals surface area contributed by atoms with Crippen molar-refractivity contribution < 1.29 is 14.4 Å². The molecule has 0 saturated heterocycles. The average Bonchev–Trinajstić information content (AvgIpc) is 3.07. The van der Waals surface area contributed by atoms with Gasteiger partial charge in [0.2, 0.25) is 0 Å². The summed E-state index contributed by atoms with van der Waals surface area (Å²) >= 11 is 0. The van der Waals surface area contributed by atoms with Gasteiger partial charge < -0.3 is 19.7 Å². The van der Waals surface area contributed by atoms with Gasteiger partial charge in [-0.1, -0.05) is 0 Å². The standard InChI is InChI=1S/C20H27N5O2/c1-13-14(2)22-19-12-18(15-9-16(26-5)11-17(10-15)27-6)23-25(19)20(13)21-7-8-24(3)4/h9-12,21H,7-8H2,1-6H3/p+1. The molecule has 0 radical (unpaired) electrons. The molecule has 0 aliphatic carbocycles. The summed E-state index contributed by atoms with van der Waals surface area (Å²) in [6.45, 7) is 5.98. The highest BCUT2D eigenvalue weighted by molar-refractivity contribution is 5.69. The summed E-state index contributed by atoms with van der Waals surface area (Å²) in [5, 5.41) is 8.34. The van der Waals surface area contributed by atoms with Crippen LogP contribution in [0, 0.1) is 13.8 Å². The van der Waals surface area contributed by atoms with Crippen LogP contribution >= 0.6 is 0 Å². The van der Waals surface area contributed by atoms with Gasteiger partial charge in [-0.05, 0) is 26.0 Å². The summed E-state index contributed by atoms with van der Waals surface area (Å²) in [5.41, 5.74) is 4.67. The molecule has 0 aliphatic heterocycles. The van der Waals surface area contributed by atoms with E-state index < -0.39 is 0 Å². The van der Waals surface area contributed by atoms with E-state index in [4.69, 9.17) is 19.6 Å². The highest BCUT2D eigenvalue weighted by Gasteiger charge is 2.15. The Kier molecular flexibility index (Phi) is 5.51. The Morgan fingerprint density at radius 3 is 2.30 bits per heavy atom. The molecule has 0 bridgehead atoms. The predicted octanol–water partition coefficient (Wildman–Crippen LogP) is 1.59. The lowest BCUT2D eigenvalue weighted by molar-refractivity contribution is -0.856. The van der Waals surface area contributed by atoms with E-state index in [1.54, 1.807) is 14.2 Å². The summed E-state index contributed by atoms with van der Waals surface area (Å²) in [6, 6.07) is 7.74. The summed E-state index contributed by atoms with van der Waals surface area (Å²) < 4.78 is 12.7. The molecule has 144 valence electrons. The lowest BCUT2D eigenvalue weighted by Gasteiger charge is -2.14. The van der Waals surface area contributed by atoms with Gasteiger partial charge >= 0.3 is 0 Å². The molecule has 2 N–H and O–H groups in total. The number of benzene rings is 1. The molecular formula is C20H28N5O2+. The first kappa shape index (κ1) is 19.0. The normalized spacial score (nSPS) is 11.2. The predicted molar refractivity (Wildman–Crippen MR) is 107 cm³/mol. The van der Waals surface area contributed by atoms with Gasteiger partial charge in [0, 0.05) is 29.0 Å². The Balaban J connectivity index is 2.07. The van der Waals surface area contributed by atoms with Gasteiger partial charge in [-0.2, -0.15) is 9.61 Å². The number of hydrogen-bond donors (Lipinski definition) is 2. The van der Waals surface area contributed by atoms with Crippen LogP contribution in [0.25, 0.3) is 16.9 Å². The van der Waals surface area contributed by atoms with Crippen molar-refractivity contribution in [2.24, 2.45) is 0 Å². The van der Waals surface area contributed by atoms with Crippen molar-refractivity contribution in [1.29, 1.82) is 0 Å². The second-order valence-electron chi connectivity index (χ2n) is 6.96. The number of hydrogen-bond acceptors (Lipinski definition) is 5. The number of quaternary nitrogens is 1. The van der Waals surface area contributed by atoms with E-state index in [0.29, 0.717) is 0 Å². The van der Waals surface area contributed by atoms with Gasteiger partial charge in [0.1, 0.15) is 17.3 Å². The SMILES string of the molecule is COc1cc(OC)cc(-c2cc3nc(C)c(C)c(NCC[NH+](C)C)n3n2)c1. The molecule has 0 unspecified atom stereocenters. The third kappa shape index (κ3) is 3.98. The van der Waals surface area contributed by atoms with E-state index >= 15 is 0 Å². The number of anilines is 1. The van der Waals surface area contributed by atoms with Crippen LogP contribution in [-0.4, -0.2) is 56.0 Å². The first-order valence-corrected chi connectivity index (χ1v) is 9.06. The van der Waals surface area contributed by atoms with Crippen LogP contribution in [0.3, 0.4) is 0 Å². The first-order chi connectivity index (χ1) is 12.9. The molecule has 2 heterocycles. The average molecular weight is 370 g/mol. The van der Waals surface area contributed by atoms with Crippen LogP contribution < -0.4 is 19.7 Å². The Bertz CT molecular complexity index is 927. The highest BCUT2D eigenvalue weighted by atomic mass is 16.5. The van der Waals surface area contributed by atoms with Crippen molar-refractivity contribution in [1.82, 2.24) is 14.6 Å².